The number of hydrogen-bond donors (Lipinski definition) is 2. The lowest BCUT2D eigenvalue weighted by Crippen LogP contribution is -2.22. The normalized spacial score (nSPS) is 10.5. The fourth-order valence-corrected chi connectivity index (χ4v) is 1.52. The lowest BCUT2D eigenvalue weighted by atomic mass is 10.2. The van der Waals surface area contributed by atoms with Gasteiger partial charge in [-0.1, -0.05) is 6.92 Å². The maximum Gasteiger partial charge on any atom is 0.268 e. The maximum absolute atomic E-state index is 11.7. The predicted molar refractivity (Wildman–Crippen MR) is 68.2 cm³/mol. The molecule has 0 aliphatic heterocycles. The van der Waals surface area contributed by atoms with Crippen molar-refractivity contribution in [1.82, 2.24) is 9.78 Å². The van der Waals surface area contributed by atoms with Crippen LogP contribution in [0.5, 0.6) is 0 Å². The van der Waals surface area contributed by atoms with Crippen molar-refractivity contribution >= 4 is 5.69 Å². The third kappa shape index (κ3) is 4.99. The minimum atomic E-state index is -0.0740. The topological polar surface area (TPSA) is 67.2 Å². The van der Waals surface area contributed by atoms with Crippen LogP contribution in [0.1, 0.15) is 32.6 Å². The highest BCUT2D eigenvalue weighted by Gasteiger charge is 1.99. The van der Waals surface area contributed by atoms with E-state index in [1.54, 1.807) is 12.3 Å². The highest BCUT2D eigenvalue weighted by molar-refractivity contribution is 5.38. The lowest BCUT2D eigenvalue weighted by Gasteiger charge is -2.06. The molecule has 17 heavy (non-hydrogen) atoms. The molecule has 0 saturated carbocycles. The first-order chi connectivity index (χ1) is 8.27. The molecule has 0 amide bonds. The molecule has 5 nitrogen and oxygen atoms in total. The number of hydrogen-bond acceptors (Lipinski definition) is 4. The van der Waals surface area contributed by atoms with E-state index in [-0.39, 0.29) is 12.2 Å². The summed E-state index contributed by atoms with van der Waals surface area (Å²) in [5.41, 5.74) is 0.707. The molecule has 0 atom stereocenters. The van der Waals surface area contributed by atoms with Crippen molar-refractivity contribution in [3.63, 3.8) is 0 Å². The molecule has 1 heterocycles. The summed E-state index contributed by atoms with van der Waals surface area (Å²) in [4.78, 5) is 11.7. The second-order valence-electron chi connectivity index (χ2n) is 4.02. The predicted octanol–water partition coefficient (Wildman–Crippen LogP) is 1.23. The summed E-state index contributed by atoms with van der Waals surface area (Å²) in [6.07, 6.45) is 5.27. The molecular weight excluding hydrogens is 218 g/mol. The summed E-state index contributed by atoms with van der Waals surface area (Å²) in [5, 5.41) is 15.9. The van der Waals surface area contributed by atoms with Gasteiger partial charge in [0.05, 0.1) is 11.9 Å². The van der Waals surface area contributed by atoms with Crippen molar-refractivity contribution in [2.75, 3.05) is 18.5 Å². The number of aliphatic hydroxyl groups excluding tert-OH is 1. The zero-order chi connectivity index (χ0) is 12.5. The Kier molecular flexibility index (Phi) is 6.32. The molecule has 0 bridgehead atoms. The quantitative estimate of drug-likeness (QED) is 0.670. The number of aryl methyl sites for hydroxylation is 1. The summed E-state index contributed by atoms with van der Waals surface area (Å²) >= 11 is 0. The number of unbranched alkanes of at least 4 members (excludes halogenated alkanes) is 2. The van der Waals surface area contributed by atoms with E-state index in [4.69, 9.17) is 5.11 Å². The zero-order valence-electron chi connectivity index (χ0n) is 10.4. The molecule has 0 fully saturated rings. The van der Waals surface area contributed by atoms with E-state index >= 15 is 0 Å². The highest BCUT2D eigenvalue weighted by atomic mass is 16.2. The molecule has 0 saturated heterocycles. The van der Waals surface area contributed by atoms with Crippen LogP contribution in [0.25, 0.3) is 0 Å². The van der Waals surface area contributed by atoms with Gasteiger partial charge in [0.2, 0.25) is 0 Å². The van der Waals surface area contributed by atoms with Gasteiger partial charge in [0.1, 0.15) is 0 Å². The van der Waals surface area contributed by atoms with Gasteiger partial charge in [0, 0.05) is 25.8 Å². The first kappa shape index (κ1) is 13.7. The molecule has 0 radical (unpaired) electrons. The van der Waals surface area contributed by atoms with Gasteiger partial charge in [-0.15, -0.1) is 0 Å². The standard InChI is InChI=1S/C12H21N3O2/c1-2-6-13-11-9-12(17)15(14-10-11)7-4-3-5-8-16/h9-10,13,16H,2-8H2,1H3. The Labute approximate surface area is 101 Å². The number of rotatable bonds is 8. The Balaban J connectivity index is 2.48. The zero-order valence-corrected chi connectivity index (χ0v) is 10.4. The average Bonchev–Trinajstić information content (AvgIpc) is 2.34. The number of aromatic nitrogens is 2. The second-order valence-corrected chi connectivity index (χ2v) is 4.02. The van der Waals surface area contributed by atoms with E-state index in [0.29, 0.717) is 6.54 Å². The Hall–Kier alpha value is -1.36. The minimum absolute atomic E-state index is 0.0740. The maximum atomic E-state index is 11.7. The van der Waals surface area contributed by atoms with E-state index < -0.39 is 0 Å². The van der Waals surface area contributed by atoms with E-state index in [0.717, 1.165) is 37.9 Å². The Morgan fingerprint density at radius 1 is 1.41 bits per heavy atom. The number of anilines is 1. The van der Waals surface area contributed by atoms with Gasteiger partial charge in [-0.25, -0.2) is 4.68 Å². The van der Waals surface area contributed by atoms with E-state index in [1.165, 1.54) is 4.68 Å². The summed E-state index contributed by atoms with van der Waals surface area (Å²) in [7, 11) is 0. The van der Waals surface area contributed by atoms with Crippen LogP contribution in [0.2, 0.25) is 0 Å². The molecule has 0 aliphatic carbocycles. The van der Waals surface area contributed by atoms with Crippen LogP contribution in [0.4, 0.5) is 5.69 Å². The average molecular weight is 239 g/mol. The molecule has 5 heteroatoms. The molecule has 1 rings (SSSR count). The number of nitrogens with zero attached hydrogens (tertiary/aromatic N) is 2. The van der Waals surface area contributed by atoms with Crippen molar-refractivity contribution in [3.8, 4) is 0 Å². The van der Waals surface area contributed by atoms with Crippen molar-refractivity contribution < 1.29 is 5.11 Å². The van der Waals surface area contributed by atoms with Crippen molar-refractivity contribution in [2.45, 2.75) is 39.2 Å². The highest BCUT2D eigenvalue weighted by Crippen LogP contribution is 2.01. The summed E-state index contributed by atoms with van der Waals surface area (Å²) in [6.45, 7) is 3.75. The first-order valence-electron chi connectivity index (χ1n) is 6.20. The van der Waals surface area contributed by atoms with Gasteiger partial charge < -0.3 is 10.4 Å². The first-order valence-corrected chi connectivity index (χ1v) is 6.20. The molecule has 96 valence electrons. The van der Waals surface area contributed by atoms with Crippen LogP contribution in [-0.2, 0) is 6.54 Å². The number of aliphatic hydroxyl groups is 1. The lowest BCUT2D eigenvalue weighted by molar-refractivity contribution is 0.281. The Morgan fingerprint density at radius 2 is 2.24 bits per heavy atom. The SMILES string of the molecule is CCCNc1cnn(CCCCCO)c(=O)c1. The molecule has 0 unspecified atom stereocenters. The van der Waals surface area contributed by atoms with Crippen LogP contribution in [0, 0.1) is 0 Å². The Bertz CT molecular complexity index is 376. The third-order valence-electron chi connectivity index (χ3n) is 2.48. The molecule has 0 spiro atoms. The summed E-state index contributed by atoms with van der Waals surface area (Å²) in [5.74, 6) is 0. The fraction of sp³-hybridized carbons (Fsp3) is 0.667. The smallest absolute Gasteiger partial charge is 0.268 e. The van der Waals surface area contributed by atoms with Gasteiger partial charge in [0.15, 0.2) is 0 Å². The van der Waals surface area contributed by atoms with Crippen LogP contribution in [-0.4, -0.2) is 28.0 Å². The summed E-state index contributed by atoms with van der Waals surface area (Å²) < 4.78 is 1.47. The van der Waals surface area contributed by atoms with Crippen LogP contribution >= 0.6 is 0 Å². The van der Waals surface area contributed by atoms with Gasteiger partial charge in [0.25, 0.3) is 5.56 Å². The van der Waals surface area contributed by atoms with Crippen molar-refractivity contribution in [1.29, 1.82) is 0 Å². The van der Waals surface area contributed by atoms with Crippen LogP contribution in [0.3, 0.4) is 0 Å². The van der Waals surface area contributed by atoms with E-state index in [1.807, 2.05) is 0 Å². The molecule has 0 aromatic carbocycles. The molecule has 2 N–H and O–H groups in total. The molecule has 0 aliphatic rings. The monoisotopic (exact) mass is 239 g/mol. The van der Waals surface area contributed by atoms with E-state index in [9.17, 15) is 4.79 Å². The third-order valence-corrected chi connectivity index (χ3v) is 2.48. The van der Waals surface area contributed by atoms with Gasteiger partial charge in [-0.2, -0.15) is 5.10 Å². The molecule has 1 aromatic heterocycles. The largest absolute Gasteiger partial charge is 0.396 e. The fourth-order valence-electron chi connectivity index (χ4n) is 1.52. The van der Waals surface area contributed by atoms with Crippen molar-refractivity contribution in [2.24, 2.45) is 0 Å². The number of nitrogens with one attached hydrogen (secondary N) is 1. The minimum Gasteiger partial charge on any atom is -0.396 e. The molecular formula is C12H21N3O2. The van der Waals surface area contributed by atoms with Crippen molar-refractivity contribution in [3.05, 3.63) is 22.6 Å². The van der Waals surface area contributed by atoms with Crippen LogP contribution < -0.4 is 10.9 Å². The summed E-state index contributed by atoms with van der Waals surface area (Å²) in [6, 6.07) is 1.58. The van der Waals surface area contributed by atoms with Gasteiger partial charge in [-0.3, -0.25) is 4.79 Å². The Morgan fingerprint density at radius 3 is 2.88 bits per heavy atom. The molecule has 1 aromatic rings. The van der Waals surface area contributed by atoms with Gasteiger partial charge in [-0.05, 0) is 25.7 Å². The second kappa shape index (κ2) is 7.84. The van der Waals surface area contributed by atoms with E-state index in [2.05, 4.69) is 17.3 Å². The van der Waals surface area contributed by atoms with Gasteiger partial charge >= 0.3 is 0 Å². The van der Waals surface area contributed by atoms with Crippen LogP contribution in [0.15, 0.2) is 17.1 Å².